The summed E-state index contributed by atoms with van der Waals surface area (Å²) in [5, 5.41) is 9.85. The molecule has 1 fully saturated rings. The molecule has 190 valence electrons. The lowest BCUT2D eigenvalue weighted by molar-refractivity contribution is -0.137. The van der Waals surface area contributed by atoms with E-state index in [1.54, 1.807) is 24.4 Å². The molecule has 4 aromatic rings. The van der Waals surface area contributed by atoms with Crippen molar-refractivity contribution in [2.45, 2.75) is 38.3 Å². The Morgan fingerprint density at radius 1 is 1.16 bits per heavy atom. The Labute approximate surface area is 214 Å². The zero-order valence-electron chi connectivity index (χ0n) is 20.7. The molecular weight excluding hydrogens is 472 g/mol. The van der Waals surface area contributed by atoms with E-state index in [0.717, 1.165) is 45.5 Å². The van der Waals surface area contributed by atoms with Crippen molar-refractivity contribution >= 4 is 22.8 Å². The molecule has 1 atom stereocenters. The highest BCUT2D eigenvalue weighted by Crippen LogP contribution is 2.41. The van der Waals surface area contributed by atoms with Gasteiger partial charge in [-0.15, -0.1) is 0 Å². The van der Waals surface area contributed by atoms with Crippen LogP contribution < -0.4 is 4.74 Å². The number of benzene rings is 1. The number of carbonyl (C=O) groups is 2. The first kappa shape index (κ1) is 24.5. The third-order valence-electron chi connectivity index (χ3n) is 6.65. The maximum absolute atomic E-state index is 12.3. The zero-order valence-corrected chi connectivity index (χ0v) is 20.7. The summed E-state index contributed by atoms with van der Waals surface area (Å²) in [6.07, 6.45) is 5.11. The minimum atomic E-state index is -0.829. The van der Waals surface area contributed by atoms with Gasteiger partial charge in [0.15, 0.2) is 0 Å². The molecule has 0 radical (unpaired) electrons. The first-order chi connectivity index (χ1) is 17.9. The highest BCUT2D eigenvalue weighted by molar-refractivity contribution is 5.88. The van der Waals surface area contributed by atoms with Crippen molar-refractivity contribution in [3.8, 4) is 22.9 Å². The number of H-pyrrole nitrogens is 1. The van der Waals surface area contributed by atoms with Gasteiger partial charge in [-0.1, -0.05) is 6.07 Å². The molecular formula is C28H28N4O5. The molecule has 9 nitrogen and oxygen atoms in total. The fourth-order valence-corrected chi connectivity index (χ4v) is 4.65. The largest absolute Gasteiger partial charge is 0.481 e. The number of amides is 1. The number of aromatic amines is 1. The molecule has 9 heteroatoms. The second kappa shape index (κ2) is 10.4. The van der Waals surface area contributed by atoms with Crippen LogP contribution in [0, 0.1) is 0 Å². The van der Waals surface area contributed by atoms with Gasteiger partial charge in [0.1, 0.15) is 11.5 Å². The van der Waals surface area contributed by atoms with Gasteiger partial charge in [-0.25, -0.2) is 0 Å². The van der Waals surface area contributed by atoms with Crippen LogP contribution in [0.1, 0.15) is 42.1 Å². The molecule has 1 unspecified atom stereocenters. The van der Waals surface area contributed by atoms with E-state index in [1.165, 1.54) is 0 Å². The monoisotopic (exact) mass is 500 g/mol. The molecule has 0 aliphatic carbocycles. The number of carboxylic acid groups (broad SMARTS) is 1. The van der Waals surface area contributed by atoms with Crippen molar-refractivity contribution < 1.29 is 24.2 Å². The van der Waals surface area contributed by atoms with Crippen LogP contribution in [-0.4, -0.2) is 51.0 Å². The van der Waals surface area contributed by atoms with E-state index in [4.69, 9.17) is 14.6 Å². The number of nitrogens with zero attached hydrogens (tertiary/aromatic N) is 3. The molecule has 0 saturated carbocycles. The molecule has 1 aliphatic rings. The highest BCUT2D eigenvalue weighted by atomic mass is 16.5. The Hall–Kier alpha value is -4.24. The van der Waals surface area contributed by atoms with Gasteiger partial charge in [0.2, 0.25) is 5.91 Å². The number of nitrogens with one attached hydrogen (secondary N) is 1. The first-order valence-corrected chi connectivity index (χ1v) is 12.1. The topological polar surface area (TPSA) is 118 Å². The predicted octanol–water partition coefficient (Wildman–Crippen LogP) is 4.87. The first-order valence-electron chi connectivity index (χ1n) is 12.1. The summed E-state index contributed by atoms with van der Waals surface area (Å²) in [6.45, 7) is 0.424. The van der Waals surface area contributed by atoms with Gasteiger partial charge in [0.05, 0.1) is 35.9 Å². The number of carbonyl (C=O) groups excluding carboxylic acids is 1. The lowest BCUT2D eigenvalue weighted by Gasteiger charge is -2.23. The number of likely N-dealkylation sites (tertiary alicyclic amines) is 1. The predicted molar refractivity (Wildman–Crippen MR) is 137 cm³/mol. The summed E-state index contributed by atoms with van der Waals surface area (Å²) < 4.78 is 11.4. The maximum Gasteiger partial charge on any atom is 0.303 e. The quantitative estimate of drug-likeness (QED) is 0.336. The van der Waals surface area contributed by atoms with E-state index in [9.17, 15) is 9.59 Å². The fraction of sp³-hybridized carbons (Fsp3) is 0.286. The van der Waals surface area contributed by atoms with Crippen LogP contribution in [0.3, 0.4) is 0 Å². The second-order valence-corrected chi connectivity index (χ2v) is 9.19. The van der Waals surface area contributed by atoms with Crippen LogP contribution >= 0.6 is 0 Å². The van der Waals surface area contributed by atoms with Crippen molar-refractivity contribution in [1.29, 1.82) is 0 Å². The molecule has 0 spiro atoms. The van der Waals surface area contributed by atoms with E-state index < -0.39 is 5.97 Å². The van der Waals surface area contributed by atoms with Crippen molar-refractivity contribution in [3.05, 3.63) is 71.7 Å². The van der Waals surface area contributed by atoms with Gasteiger partial charge >= 0.3 is 5.97 Å². The number of methoxy groups -OCH3 is 1. The van der Waals surface area contributed by atoms with Crippen molar-refractivity contribution in [2.24, 2.45) is 0 Å². The number of pyridine rings is 2. The summed E-state index contributed by atoms with van der Waals surface area (Å²) in [6, 6.07) is 13.4. The smallest absolute Gasteiger partial charge is 0.303 e. The number of hydrogen-bond donors (Lipinski definition) is 2. The normalized spacial score (nSPS) is 15.5. The van der Waals surface area contributed by atoms with E-state index in [0.29, 0.717) is 30.9 Å². The molecule has 2 N–H and O–H groups in total. The Kier molecular flexibility index (Phi) is 6.87. The summed E-state index contributed by atoms with van der Waals surface area (Å²) in [5.41, 5.74) is 5.11. The minimum absolute atomic E-state index is 0.0711. The van der Waals surface area contributed by atoms with Gasteiger partial charge < -0.3 is 24.5 Å². The Morgan fingerprint density at radius 2 is 2.03 bits per heavy atom. The van der Waals surface area contributed by atoms with Crippen LogP contribution in [0.15, 0.2) is 54.9 Å². The molecule has 1 aromatic carbocycles. The summed E-state index contributed by atoms with van der Waals surface area (Å²) in [7, 11) is 3.45. The highest BCUT2D eigenvalue weighted by Gasteiger charge is 2.31. The lowest BCUT2D eigenvalue weighted by Crippen LogP contribution is -2.22. The molecule has 37 heavy (non-hydrogen) atoms. The number of aromatic nitrogens is 3. The van der Waals surface area contributed by atoms with Crippen molar-refractivity contribution in [1.82, 2.24) is 19.9 Å². The molecule has 1 amide bonds. The van der Waals surface area contributed by atoms with Gasteiger partial charge in [0, 0.05) is 49.7 Å². The minimum Gasteiger partial charge on any atom is -0.481 e. The Bertz CT molecular complexity index is 1430. The number of rotatable bonds is 9. The van der Waals surface area contributed by atoms with Crippen LogP contribution in [0.2, 0.25) is 0 Å². The summed E-state index contributed by atoms with van der Waals surface area (Å²) >= 11 is 0. The molecule has 1 aliphatic heterocycles. The van der Waals surface area contributed by atoms with Crippen LogP contribution in [0.25, 0.3) is 22.3 Å². The number of fused-ring (bicyclic) bond motifs is 1. The Morgan fingerprint density at radius 3 is 2.68 bits per heavy atom. The average Bonchev–Trinajstić information content (AvgIpc) is 3.46. The van der Waals surface area contributed by atoms with Gasteiger partial charge in [-0.3, -0.25) is 19.6 Å². The van der Waals surface area contributed by atoms with Gasteiger partial charge in [-0.05, 0) is 54.8 Å². The van der Waals surface area contributed by atoms with Crippen LogP contribution in [0.4, 0.5) is 0 Å². The molecule has 0 bridgehead atoms. The summed E-state index contributed by atoms with van der Waals surface area (Å²) in [5.74, 6) is 0.551. The summed E-state index contributed by atoms with van der Waals surface area (Å²) in [4.78, 5) is 37.3. The van der Waals surface area contributed by atoms with Crippen LogP contribution in [0.5, 0.6) is 11.5 Å². The Balaban J connectivity index is 1.49. The lowest BCUT2D eigenvalue weighted by atomic mass is 10.0. The number of aryl methyl sites for hydroxylation is 1. The van der Waals surface area contributed by atoms with E-state index in [1.807, 2.05) is 49.5 Å². The van der Waals surface area contributed by atoms with Gasteiger partial charge in [0.25, 0.3) is 0 Å². The number of hydrogen-bond acceptors (Lipinski definition) is 6. The standard InChI is InChI=1S/C28H28N4O5/c1-32-25(8-9-27(32)33)21-13-23-18(12-26(21)37-20-6-5-19(16-36-2)29-15-20)11-24(31-23)22-7-3-17(14-30-22)4-10-28(34)35/h3,5-7,11-15,25,31H,4,8-10,16H2,1-2H3,(H,34,35). The molecule has 4 heterocycles. The molecule has 3 aromatic heterocycles. The second-order valence-electron chi connectivity index (χ2n) is 9.19. The third-order valence-corrected chi connectivity index (χ3v) is 6.65. The average molecular weight is 501 g/mol. The van der Waals surface area contributed by atoms with Crippen molar-refractivity contribution in [2.75, 3.05) is 14.2 Å². The SMILES string of the molecule is COCc1ccc(Oc2cc3cc(-c4ccc(CCC(=O)O)cn4)[nH]c3cc2C2CCC(=O)N2C)cn1. The molecule has 1 saturated heterocycles. The van der Waals surface area contributed by atoms with Crippen molar-refractivity contribution in [3.63, 3.8) is 0 Å². The number of aliphatic carboxylic acids is 1. The maximum atomic E-state index is 12.3. The van der Waals surface area contributed by atoms with E-state index >= 15 is 0 Å². The van der Waals surface area contributed by atoms with Gasteiger partial charge in [-0.2, -0.15) is 0 Å². The fourth-order valence-electron chi connectivity index (χ4n) is 4.65. The third kappa shape index (κ3) is 5.31. The van der Waals surface area contributed by atoms with E-state index in [-0.39, 0.29) is 18.4 Å². The zero-order chi connectivity index (χ0) is 25.9. The number of ether oxygens (including phenoxy) is 2. The number of carboxylic acids is 1. The molecule has 5 rings (SSSR count). The van der Waals surface area contributed by atoms with Crippen LogP contribution in [-0.2, 0) is 27.4 Å². The van der Waals surface area contributed by atoms with E-state index in [2.05, 4.69) is 15.0 Å².